The van der Waals surface area contributed by atoms with E-state index in [0.717, 1.165) is 5.56 Å². The normalized spacial score (nSPS) is 12.5. The highest BCUT2D eigenvalue weighted by Gasteiger charge is 2.23. The van der Waals surface area contributed by atoms with Crippen molar-refractivity contribution in [3.8, 4) is 11.4 Å². The van der Waals surface area contributed by atoms with Gasteiger partial charge in [-0.15, -0.1) is 0 Å². The van der Waals surface area contributed by atoms with E-state index in [4.69, 9.17) is 16.1 Å². The van der Waals surface area contributed by atoms with Crippen LogP contribution in [-0.2, 0) is 27.7 Å². The summed E-state index contributed by atoms with van der Waals surface area (Å²) in [5, 5.41) is 4.40. The molecule has 3 rings (SSSR count). The van der Waals surface area contributed by atoms with Gasteiger partial charge in [-0.3, -0.25) is 0 Å². The quantitative estimate of drug-likeness (QED) is 0.565. The second-order valence-electron chi connectivity index (χ2n) is 7.94. The third-order valence-corrected chi connectivity index (χ3v) is 6.73. The summed E-state index contributed by atoms with van der Waals surface area (Å²) in [4.78, 5) is 4.34. The number of aromatic nitrogens is 2. The number of benzene rings is 2. The molecule has 0 atom stereocenters. The number of hydrogen-bond donors (Lipinski definition) is 0. The zero-order valence-electron chi connectivity index (χ0n) is 16.9. The minimum Gasteiger partial charge on any atom is -0.338 e. The molecule has 0 spiro atoms. The summed E-state index contributed by atoms with van der Waals surface area (Å²) in [6.45, 7) is 6.42. The predicted molar refractivity (Wildman–Crippen MR) is 114 cm³/mol. The Balaban J connectivity index is 1.71. The number of rotatable bonds is 6. The van der Waals surface area contributed by atoms with Gasteiger partial charge in [0, 0.05) is 17.6 Å². The first kappa shape index (κ1) is 21.5. The van der Waals surface area contributed by atoms with Crippen LogP contribution in [0, 0.1) is 0 Å². The van der Waals surface area contributed by atoms with Gasteiger partial charge in [-0.2, -0.15) is 9.29 Å². The molecule has 3 aromatic rings. The standard InChI is InChI=1S/C21H24ClN3O3S/c1-21(2,3)17-11-9-15(10-12-17)20-23-19(28-24-20)13-25(4)29(26,27)14-16-7-5-6-8-18(16)22/h5-12H,13-14H2,1-4H3. The molecule has 0 fully saturated rings. The van der Waals surface area contributed by atoms with Crippen molar-refractivity contribution in [1.82, 2.24) is 14.4 Å². The Morgan fingerprint density at radius 2 is 1.72 bits per heavy atom. The van der Waals surface area contributed by atoms with E-state index in [0.29, 0.717) is 16.4 Å². The smallest absolute Gasteiger partial charge is 0.242 e. The number of halogens is 1. The Morgan fingerprint density at radius 1 is 1.07 bits per heavy atom. The first-order valence-electron chi connectivity index (χ1n) is 9.17. The van der Waals surface area contributed by atoms with Crippen molar-refractivity contribution in [1.29, 1.82) is 0 Å². The summed E-state index contributed by atoms with van der Waals surface area (Å²) in [7, 11) is -2.11. The van der Waals surface area contributed by atoms with Crippen LogP contribution >= 0.6 is 11.6 Å². The van der Waals surface area contributed by atoms with Crippen LogP contribution in [0.3, 0.4) is 0 Å². The Hall–Kier alpha value is -2.22. The van der Waals surface area contributed by atoms with Crippen molar-refractivity contribution < 1.29 is 12.9 Å². The minimum absolute atomic E-state index is 0.0140. The van der Waals surface area contributed by atoms with Gasteiger partial charge in [0.05, 0.1) is 12.3 Å². The number of nitrogens with zero attached hydrogens (tertiary/aromatic N) is 3. The highest BCUT2D eigenvalue weighted by molar-refractivity contribution is 7.88. The molecule has 1 heterocycles. The Morgan fingerprint density at radius 3 is 2.34 bits per heavy atom. The van der Waals surface area contributed by atoms with Crippen LogP contribution < -0.4 is 0 Å². The third kappa shape index (κ3) is 5.23. The molecule has 0 bridgehead atoms. The maximum atomic E-state index is 12.6. The highest BCUT2D eigenvalue weighted by Crippen LogP contribution is 2.25. The average Bonchev–Trinajstić information content (AvgIpc) is 3.11. The fourth-order valence-electron chi connectivity index (χ4n) is 2.77. The molecule has 6 nitrogen and oxygen atoms in total. The predicted octanol–water partition coefficient (Wildman–Crippen LogP) is 4.65. The molecule has 8 heteroatoms. The van der Waals surface area contributed by atoms with E-state index in [9.17, 15) is 8.42 Å². The molecule has 0 saturated heterocycles. The van der Waals surface area contributed by atoms with Crippen LogP contribution in [0.25, 0.3) is 11.4 Å². The van der Waals surface area contributed by atoms with Gasteiger partial charge in [0.25, 0.3) is 0 Å². The minimum atomic E-state index is -3.59. The van der Waals surface area contributed by atoms with Crippen LogP contribution in [0.15, 0.2) is 53.1 Å². The summed E-state index contributed by atoms with van der Waals surface area (Å²) in [5.74, 6) is 0.459. The Bertz CT molecular complexity index is 1090. The Labute approximate surface area is 176 Å². The van der Waals surface area contributed by atoms with Gasteiger partial charge < -0.3 is 4.52 Å². The molecule has 0 saturated carbocycles. The summed E-state index contributed by atoms with van der Waals surface area (Å²) in [6, 6.07) is 14.8. The molecular formula is C21H24ClN3O3S. The molecule has 0 N–H and O–H groups in total. The summed E-state index contributed by atoms with van der Waals surface area (Å²) in [5.41, 5.74) is 2.62. The fraction of sp³-hybridized carbons (Fsp3) is 0.333. The zero-order valence-corrected chi connectivity index (χ0v) is 18.5. The summed E-state index contributed by atoms with van der Waals surface area (Å²) in [6.07, 6.45) is 0. The van der Waals surface area contributed by atoms with E-state index < -0.39 is 10.0 Å². The molecule has 29 heavy (non-hydrogen) atoms. The second kappa shape index (κ2) is 8.26. The maximum absolute atomic E-state index is 12.6. The molecular weight excluding hydrogens is 410 g/mol. The molecule has 0 aliphatic carbocycles. The van der Waals surface area contributed by atoms with Crippen molar-refractivity contribution in [2.24, 2.45) is 0 Å². The molecule has 0 aliphatic heterocycles. The van der Waals surface area contributed by atoms with E-state index in [1.807, 2.05) is 24.3 Å². The largest absolute Gasteiger partial charge is 0.338 e. The molecule has 0 amide bonds. The molecule has 0 aliphatic rings. The van der Waals surface area contributed by atoms with Crippen molar-refractivity contribution in [3.63, 3.8) is 0 Å². The van der Waals surface area contributed by atoms with E-state index in [2.05, 4.69) is 30.9 Å². The molecule has 2 aromatic carbocycles. The van der Waals surface area contributed by atoms with E-state index in [1.165, 1.54) is 16.9 Å². The van der Waals surface area contributed by atoms with Gasteiger partial charge in [-0.05, 0) is 22.6 Å². The van der Waals surface area contributed by atoms with Crippen LogP contribution in [-0.4, -0.2) is 29.9 Å². The zero-order chi connectivity index (χ0) is 21.2. The lowest BCUT2D eigenvalue weighted by atomic mass is 9.87. The number of sulfonamides is 1. The topological polar surface area (TPSA) is 76.3 Å². The maximum Gasteiger partial charge on any atom is 0.242 e. The summed E-state index contributed by atoms with van der Waals surface area (Å²) >= 11 is 6.08. The van der Waals surface area contributed by atoms with Gasteiger partial charge in [0.2, 0.25) is 21.7 Å². The van der Waals surface area contributed by atoms with Crippen molar-refractivity contribution in [3.05, 3.63) is 70.6 Å². The first-order chi connectivity index (χ1) is 13.6. The van der Waals surface area contributed by atoms with Crippen LogP contribution in [0.2, 0.25) is 5.02 Å². The van der Waals surface area contributed by atoms with Crippen molar-refractivity contribution in [2.45, 2.75) is 38.5 Å². The molecule has 1 aromatic heterocycles. The molecule has 154 valence electrons. The lowest BCUT2D eigenvalue weighted by Crippen LogP contribution is -2.28. The van der Waals surface area contributed by atoms with Crippen LogP contribution in [0.5, 0.6) is 0 Å². The van der Waals surface area contributed by atoms with E-state index in [-0.39, 0.29) is 23.6 Å². The molecule has 0 unspecified atom stereocenters. The van der Waals surface area contributed by atoms with Gasteiger partial charge in [-0.25, -0.2) is 8.42 Å². The average molecular weight is 434 g/mol. The van der Waals surface area contributed by atoms with Gasteiger partial charge >= 0.3 is 0 Å². The second-order valence-corrected chi connectivity index (χ2v) is 10.4. The highest BCUT2D eigenvalue weighted by atomic mass is 35.5. The van der Waals surface area contributed by atoms with E-state index in [1.54, 1.807) is 24.3 Å². The molecule has 0 radical (unpaired) electrons. The summed E-state index contributed by atoms with van der Waals surface area (Å²) < 4.78 is 31.7. The SMILES string of the molecule is CN(Cc1nc(-c2ccc(C(C)(C)C)cc2)no1)S(=O)(=O)Cc1ccccc1Cl. The lowest BCUT2D eigenvalue weighted by Gasteiger charge is -2.18. The van der Waals surface area contributed by atoms with Crippen molar-refractivity contribution in [2.75, 3.05) is 7.05 Å². The van der Waals surface area contributed by atoms with Gasteiger partial charge in [-0.1, -0.05) is 80.0 Å². The van der Waals surface area contributed by atoms with Crippen LogP contribution in [0.1, 0.15) is 37.8 Å². The number of hydrogen-bond acceptors (Lipinski definition) is 5. The van der Waals surface area contributed by atoms with E-state index >= 15 is 0 Å². The monoisotopic (exact) mass is 433 g/mol. The third-order valence-electron chi connectivity index (χ3n) is 4.61. The van der Waals surface area contributed by atoms with Gasteiger partial charge in [0.15, 0.2) is 0 Å². The fourth-order valence-corrected chi connectivity index (χ4v) is 4.22. The first-order valence-corrected chi connectivity index (χ1v) is 11.2. The lowest BCUT2D eigenvalue weighted by molar-refractivity contribution is 0.336. The Kier molecular flexibility index (Phi) is 6.12. The van der Waals surface area contributed by atoms with Crippen molar-refractivity contribution >= 4 is 21.6 Å². The van der Waals surface area contributed by atoms with Crippen LogP contribution in [0.4, 0.5) is 0 Å². The van der Waals surface area contributed by atoms with Gasteiger partial charge in [0.1, 0.15) is 0 Å².